The molecule has 1 unspecified atom stereocenters. The summed E-state index contributed by atoms with van der Waals surface area (Å²) < 4.78 is 5.25. The lowest BCUT2D eigenvalue weighted by Gasteiger charge is -2.19. The van der Waals surface area contributed by atoms with Gasteiger partial charge in [0.05, 0.1) is 7.11 Å². The van der Waals surface area contributed by atoms with Gasteiger partial charge in [0.1, 0.15) is 5.75 Å². The fourth-order valence-electron chi connectivity index (χ4n) is 2.18. The number of methoxy groups -OCH3 is 1. The first-order valence-electron chi connectivity index (χ1n) is 6.78. The summed E-state index contributed by atoms with van der Waals surface area (Å²) >= 11 is 0. The summed E-state index contributed by atoms with van der Waals surface area (Å²) in [5.74, 6) is 0.927. The molecule has 3 heteroatoms. The van der Waals surface area contributed by atoms with Crippen molar-refractivity contribution in [3.05, 3.63) is 29.8 Å². The zero-order chi connectivity index (χ0) is 13.0. The Morgan fingerprint density at radius 2 is 2.22 bits per heavy atom. The van der Waals surface area contributed by atoms with Crippen molar-refractivity contribution in [1.82, 2.24) is 10.2 Å². The first-order chi connectivity index (χ1) is 8.70. The minimum Gasteiger partial charge on any atom is -0.497 e. The SMILES string of the molecule is COc1cccc(C(C)NCCN(C)C2CC2)c1. The van der Waals surface area contributed by atoms with E-state index in [4.69, 9.17) is 4.74 Å². The van der Waals surface area contributed by atoms with E-state index in [1.54, 1.807) is 7.11 Å². The Labute approximate surface area is 110 Å². The van der Waals surface area contributed by atoms with E-state index in [0.717, 1.165) is 24.9 Å². The maximum Gasteiger partial charge on any atom is 0.119 e. The Morgan fingerprint density at radius 3 is 2.89 bits per heavy atom. The lowest BCUT2D eigenvalue weighted by Crippen LogP contribution is -2.31. The van der Waals surface area contributed by atoms with E-state index < -0.39 is 0 Å². The third-order valence-corrected chi connectivity index (χ3v) is 3.68. The molecule has 1 N–H and O–H groups in total. The molecule has 18 heavy (non-hydrogen) atoms. The van der Waals surface area contributed by atoms with Crippen LogP contribution in [0.1, 0.15) is 31.4 Å². The molecule has 0 amide bonds. The van der Waals surface area contributed by atoms with Gasteiger partial charge in [-0.05, 0) is 44.5 Å². The number of nitrogens with one attached hydrogen (secondary N) is 1. The molecule has 0 aromatic heterocycles. The predicted octanol–water partition coefficient (Wildman–Crippen LogP) is 2.44. The molecule has 2 rings (SSSR count). The van der Waals surface area contributed by atoms with E-state index in [0.29, 0.717) is 6.04 Å². The Hall–Kier alpha value is -1.06. The lowest BCUT2D eigenvalue weighted by molar-refractivity contribution is 0.316. The van der Waals surface area contributed by atoms with Gasteiger partial charge in [0, 0.05) is 25.2 Å². The monoisotopic (exact) mass is 248 g/mol. The van der Waals surface area contributed by atoms with E-state index in [1.165, 1.54) is 18.4 Å². The number of benzene rings is 1. The van der Waals surface area contributed by atoms with Crippen molar-refractivity contribution < 1.29 is 4.74 Å². The molecule has 1 fully saturated rings. The number of rotatable bonds is 7. The molecule has 1 aromatic rings. The maximum atomic E-state index is 5.25. The van der Waals surface area contributed by atoms with Gasteiger partial charge < -0.3 is 15.0 Å². The average molecular weight is 248 g/mol. The van der Waals surface area contributed by atoms with Crippen LogP contribution in [0.4, 0.5) is 0 Å². The van der Waals surface area contributed by atoms with Crippen molar-refractivity contribution in [3.63, 3.8) is 0 Å². The van der Waals surface area contributed by atoms with Crippen molar-refractivity contribution in [1.29, 1.82) is 0 Å². The third-order valence-electron chi connectivity index (χ3n) is 3.68. The van der Waals surface area contributed by atoms with Gasteiger partial charge in [-0.25, -0.2) is 0 Å². The van der Waals surface area contributed by atoms with E-state index >= 15 is 0 Å². The van der Waals surface area contributed by atoms with Crippen LogP contribution in [-0.4, -0.2) is 38.2 Å². The van der Waals surface area contributed by atoms with Crippen LogP contribution in [-0.2, 0) is 0 Å². The van der Waals surface area contributed by atoms with Gasteiger partial charge in [0.2, 0.25) is 0 Å². The molecule has 0 radical (unpaired) electrons. The molecule has 0 heterocycles. The van der Waals surface area contributed by atoms with Gasteiger partial charge in [-0.2, -0.15) is 0 Å². The first kappa shape index (κ1) is 13.4. The number of nitrogens with zero attached hydrogens (tertiary/aromatic N) is 1. The van der Waals surface area contributed by atoms with Crippen LogP contribution in [0.5, 0.6) is 5.75 Å². The molecule has 3 nitrogen and oxygen atoms in total. The van der Waals surface area contributed by atoms with Crippen LogP contribution in [0, 0.1) is 0 Å². The summed E-state index contributed by atoms with van der Waals surface area (Å²) in [6.07, 6.45) is 2.75. The largest absolute Gasteiger partial charge is 0.497 e. The molecular formula is C15H24N2O. The molecule has 1 aliphatic rings. The Bertz CT molecular complexity index is 377. The number of hydrogen-bond donors (Lipinski definition) is 1. The summed E-state index contributed by atoms with van der Waals surface area (Å²) in [6, 6.07) is 9.49. The second-order valence-electron chi connectivity index (χ2n) is 5.16. The maximum absolute atomic E-state index is 5.25. The topological polar surface area (TPSA) is 24.5 Å². The Kier molecular flexibility index (Phi) is 4.61. The fraction of sp³-hybridized carbons (Fsp3) is 0.600. The molecule has 0 bridgehead atoms. The highest BCUT2D eigenvalue weighted by atomic mass is 16.5. The number of likely N-dealkylation sites (N-methyl/N-ethyl adjacent to an activating group) is 1. The highest BCUT2D eigenvalue weighted by molar-refractivity contribution is 5.30. The van der Waals surface area contributed by atoms with Gasteiger partial charge >= 0.3 is 0 Å². The van der Waals surface area contributed by atoms with Gasteiger partial charge in [-0.15, -0.1) is 0 Å². The summed E-state index contributed by atoms with van der Waals surface area (Å²) in [7, 11) is 3.93. The molecule has 1 atom stereocenters. The van der Waals surface area contributed by atoms with Crippen LogP contribution in [0.2, 0.25) is 0 Å². The zero-order valence-corrected chi connectivity index (χ0v) is 11.6. The third kappa shape index (κ3) is 3.72. The van der Waals surface area contributed by atoms with Crippen molar-refractivity contribution in [3.8, 4) is 5.75 Å². The Balaban J connectivity index is 1.77. The van der Waals surface area contributed by atoms with Crippen molar-refractivity contribution >= 4 is 0 Å². The lowest BCUT2D eigenvalue weighted by atomic mass is 10.1. The van der Waals surface area contributed by atoms with Crippen LogP contribution in [0.3, 0.4) is 0 Å². The van der Waals surface area contributed by atoms with E-state index in [1.807, 2.05) is 12.1 Å². The summed E-state index contributed by atoms with van der Waals surface area (Å²) in [5.41, 5.74) is 1.28. The highest BCUT2D eigenvalue weighted by Gasteiger charge is 2.25. The predicted molar refractivity (Wildman–Crippen MR) is 75.1 cm³/mol. The number of ether oxygens (including phenoxy) is 1. The average Bonchev–Trinajstić information content (AvgIpc) is 3.23. The van der Waals surface area contributed by atoms with Crippen LogP contribution >= 0.6 is 0 Å². The molecule has 0 spiro atoms. The van der Waals surface area contributed by atoms with Crippen molar-refractivity contribution in [2.24, 2.45) is 0 Å². The van der Waals surface area contributed by atoms with E-state index in [9.17, 15) is 0 Å². The summed E-state index contributed by atoms with van der Waals surface area (Å²) in [4.78, 5) is 2.45. The van der Waals surface area contributed by atoms with Crippen molar-refractivity contribution in [2.75, 3.05) is 27.2 Å². The van der Waals surface area contributed by atoms with Crippen molar-refractivity contribution in [2.45, 2.75) is 31.8 Å². The minimum atomic E-state index is 0.368. The molecule has 0 saturated heterocycles. The van der Waals surface area contributed by atoms with E-state index in [-0.39, 0.29) is 0 Å². The van der Waals surface area contributed by atoms with Crippen LogP contribution in [0.25, 0.3) is 0 Å². The van der Waals surface area contributed by atoms with Gasteiger partial charge in [0.25, 0.3) is 0 Å². The quantitative estimate of drug-likeness (QED) is 0.802. The molecule has 1 aromatic carbocycles. The minimum absolute atomic E-state index is 0.368. The van der Waals surface area contributed by atoms with Gasteiger partial charge in [-0.3, -0.25) is 0 Å². The zero-order valence-electron chi connectivity index (χ0n) is 11.6. The van der Waals surface area contributed by atoms with E-state index in [2.05, 4.69) is 36.3 Å². The molecular weight excluding hydrogens is 224 g/mol. The summed E-state index contributed by atoms with van der Waals surface area (Å²) in [6.45, 7) is 4.36. The fourth-order valence-corrected chi connectivity index (χ4v) is 2.18. The standard InChI is InChI=1S/C15H24N2O/c1-12(13-5-4-6-15(11-13)18-3)16-9-10-17(2)14-7-8-14/h4-6,11-12,14,16H,7-10H2,1-3H3. The molecule has 1 saturated carbocycles. The normalized spacial score (nSPS) is 16.9. The second-order valence-corrected chi connectivity index (χ2v) is 5.16. The number of hydrogen-bond acceptors (Lipinski definition) is 3. The van der Waals surface area contributed by atoms with Crippen LogP contribution < -0.4 is 10.1 Å². The van der Waals surface area contributed by atoms with Gasteiger partial charge in [0.15, 0.2) is 0 Å². The smallest absolute Gasteiger partial charge is 0.119 e. The highest BCUT2D eigenvalue weighted by Crippen LogP contribution is 2.24. The van der Waals surface area contributed by atoms with Crippen LogP contribution in [0.15, 0.2) is 24.3 Å². The first-order valence-corrected chi connectivity index (χ1v) is 6.78. The summed E-state index contributed by atoms with van der Waals surface area (Å²) in [5, 5.41) is 3.57. The molecule has 0 aliphatic heterocycles. The van der Waals surface area contributed by atoms with Gasteiger partial charge in [-0.1, -0.05) is 12.1 Å². The second kappa shape index (κ2) is 6.21. The molecule has 100 valence electrons. The Morgan fingerprint density at radius 1 is 1.44 bits per heavy atom. The molecule has 1 aliphatic carbocycles.